The van der Waals surface area contributed by atoms with Gasteiger partial charge in [-0.25, -0.2) is 0 Å². The fraction of sp³-hybridized carbons (Fsp3) is 0.733. The third-order valence-corrected chi connectivity index (χ3v) is 5.51. The summed E-state index contributed by atoms with van der Waals surface area (Å²) in [6, 6.07) is 3.99. The number of halogens is 1. The predicted molar refractivity (Wildman–Crippen MR) is 79.3 cm³/mol. The van der Waals surface area contributed by atoms with Crippen molar-refractivity contribution in [3.05, 3.63) is 21.3 Å². The van der Waals surface area contributed by atoms with E-state index in [1.165, 1.54) is 11.3 Å². The van der Waals surface area contributed by atoms with Gasteiger partial charge in [0.1, 0.15) is 0 Å². The first-order valence-corrected chi connectivity index (χ1v) is 8.07. The Balaban J connectivity index is 2.18. The number of rotatable bonds is 3. The topological polar surface area (TPSA) is 20.2 Å². The summed E-state index contributed by atoms with van der Waals surface area (Å²) in [5, 5.41) is 11.1. The maximum atomic E-state index is 11.1. The first-order chi connectivity index (χ1) is 8.40. The number of hydrogen-bond acceptors (Lipinski definition) is 2. The van der Waals surface area contributed by atoms with Gasteiger partial charge >= 0.3 is 0 Å². The van der Waals surface area contributed by atoms with Crippen LogP contribution in [0, 0.1) is 17.8 Å². The minimum absolute atomic E-state index is 0.412. The summed E-state index contributed by atoms with van der Waals surface area (Å²) in [7, 11) is 0. The Hall–Kier alpha value is -0.0500. The van der Waals surface area contributed by atoms with E-state index in [-0.39, 0.29) is 0 Å². The monoisotopic (exact) mass is 286 g/mol. The van der Waals surface area contributed by atoms with Crippen molar-refractivity contribution in [2.75, 3.05) is 0 Å². The molecule has 0 radical (unpaired) electrons. The molecule has 1 aliphatic carbocycles. The van der Waals surface area contributed by atoms with Gasteiger partial charge in [0, 0.05) is 11.3 Å². The molecule has 18 heavy (non-hydrogen) atoms. The van der Waals surface area contributed by atoms with Crippen molar-refractivity contribution in [2.24, 2.45) is 17.8 Å². The minimum Gasteiger partial charge on any atom is -0.389 e. The molecular weight excluding hydrogens is 264 g/mol. The average Bonchev–Trinajstić information content (AvgIpc) is 2.62. The second kappa shape index (κ2) is 5.52. The predicted octanol–water partition coefficient (Wildman–Crippen LogP) is 4.77. The third-order valence-electron chi connectivity index (χ3n) is 4.28. The van der Waals surface area contributed by atoms with Crippen LogP contribution in [0.25, 0.3) is 0 Å². The van der Waals surface area contributed by atoms with E-state index in [4.69, 9.17) is 11.6 Å². The molecule has 0 aliphatic heterocycles. The van der Waals surface area contributed by atoms with Crippen molar-refractivity contribution in [1.82, 2.24) is 0 Å². The van der Waals surface area contributed by atoms with Gasteiger partial charge in [0.25, 0.3) is 0 Å². The molecule has 1 nitrogen and oxygen atoms in total. The molecular formula is C15H23ClOS. The molecule has 3 atom stereocenters. The lowest BCUT2D eigenvalue weighted by Crippen LogP contribution is -2.47. The van der Waals surface area contributed by atoms with E-state index in [0.717, 1.165) is 23.6 Å². The molecule has 1 aromatic heterocycles. The zero-order valence-electron chi connectivity index (χ0n) is 11.4. The van der Waals surface area contributed by atoms with Gasteiger partial charge in [-0.2, -0.15) is 0 Å². The maximum absolute atomic E-state index is 11.1. The van der Waals surface area contributed by atoms with Gasteiger partial charge in [-0.15, -0.1) is 11.3 Å². The maximum Gasteiger partial charge on any atom is 0.0931 e. The van der Waals surface area contributed by atoms with Gasteiger partial charge in [0.2, 0.25) is 0 Å². The van der Waals surface area contributed by atoms with E-state index in [2.05, 4.69) is 26.8 Å². The summed E-state index contributed by atoms with van der Waals surface area (Å²) in [6.07, 6.45) is 4.08. The summed E-state index contributed by atoms with van der Waals surface area (Å²) in [4.78, 5) is 1.21. The second-order valence-corrected chi connectivity index (χ2v) is 8.02. The van der Waals surface area contributed by atoms with Crippen LogP contribution in [0.5, 0.6) is 0 Å². The van der Waals surface area contributed by atoms with Crippen LogP contribution in [0.3, 0.4) is 0 Å². The van der Waals surface area contributed by atoms with Crippen LogP contribution in [-0.2, 0) is 6.42 Å². The van der Waals surface area contributed by atoms with E-state index >= 15 is 0 Å². The Bertz CT molecular complexity index is 401. The molecule has 0 aromatic carbocycles. The van der Waals surface area contributed by atoms with E-state index in [1.807, 2.05) is 6.07 Å². The van der Waals surface area contributed by atoms with Crippen molar-refractivity contribution in [2.45, 2.75) is 52.1 Å². The molecule has 2 rings (SSSR count). The molecule has 1 aromatic rings. The Kier molecular flexibility index (Phi) is 4.40. The van der Waals surface area contributed by atoms with Gasteiger partial charge in [-0.1, -0.05) is 38.8 Å². The van der Waals surface area contributed by atoms with Crippen LogP contribution < -0.4 is 0 Å². The third kappa shape index (κ3) is 3.09. The molecule has 0 spiro atoms. The first-order valence-electron chi connectivity index (χ1n) is 6.87. The highest BCUT2D eigenvalue weighted by atomic mass is 35.5. The van der Waals surface area contributed by atoms with Crippen LogP contribution in [0.1, 0.15) is 44.9 Å². The zero-order valence-corrected chi connectivity index (χ0v) is 13.0. The summed E-state index contributed by atoms with van der Waals surface area (Å²) in [5.74, 6) is 1.58. The smallest absolute Gasteiger partial charge is 0.0931 e. The van der Waals surface area contributed by atoms with E-state index in [1.54, 1.807) is 11.3 Å². The number of thiophene rings is 1. The first kappa shape index (κ1) is 14.4. The summed E-state index contributed by atoms with van der Waals surface area (Å²) < 4.78 is 0.818. The molecule has 1 aliphatic rings. The van der Waals surface area contributed by atoms with Crippen molar-refractivity contribution < 1.29 is 5.11 Å². The molecule has 1 heterocycles. The quantitative estimate of drug-likeness (QED) is 0.849. The fourth-order valence-corrected chi connectivity index (χ4v) is 4.70. The number of hydrogen-bond donors (Lipinski definition) is 1. The fourth-order valence-electron chi connectivity index (χ4n) is 3.50. The van der Waals surface area contributed by atoms with Gasteiger partial charge in [-0.05, 0) is 42.7 Å². The van der Waals surface area contributed by atoms with E-state index in [0.29, 0.717) is 17.8 Å². The molecule has 3 heteroatoms. The van der Waals surface area contributed by atoms with Gasteiger partial charge in [-0.3, -0.25) is 0 Å². The largest absolute Gasteiger partial charge is 0.389 e. The van der Waals surface area contributed by atoms with Crippen molar-refractivity contribution in [1.29, 1.82) is 0 Å². The second-order valence-electron chi connectivity index (χ2n) is 6.22. The summed E-state index contributed by atoms with van der Waals surface area (Å²) in [6.45, 7) is 6.71. The van der Waals surface area contributed by atoms with Crippen LogP contribution in [-0.4, -0.2) is 10.7 Å². The molecule has 0 saturated heterocycles. The van der Waals surface area contributed by atoms with Crippen molar-refractivity contribution >= 4 is 22.9 Å². The lowest BCUT2D eigenvalue weighted by Gasteiger charge is -2.44. The average molecular weight is 287 g/mol. The van der Waals surface area contributed by atoms with Crippen molar-refractivity contribution in [3.63, 3.8) is 0 Å². The Morgan fingerprint density at radius 1 is 1.44 bits per heavy atom. The van der Waals surface area contributed by atoms with E-state index < -0.39 is 5.60 Å². The number of aliphatic hydroxyl groups is 1. The van der Waals surface area contributed by atoms with Crippen LogP contribution in [0.2, 0.25) is 4.34 Å². The summed E-state index contributed by atoms with van der Waals surface area (Å²) in [5.41, 5.74) is -0.542. The van der Waals surface area contributed by atoms with E-state index in [9.17, 15) is 5.11 Å². The molecule has 1 N–H and O–H groups in total. The Labute approximate surface area is 119 Å². The molecule has 102 valence electrons. The van der Waals surface area contributed by atoms with Gasteiger partial charge < -0.3 is 5.11 Å². The van der Waals surface area contributed by atoms with Crippen LogP contribution >= 0.6 is 22.9 Å². The molecule has 0 bridgehead atoms. The molecule has 0 amide bonds. The molecule has 1 fully saturated rings. The SMILES string of the molecule is CC1CCC(C(C)C)C(O)(Cc2ccc(Cl)s2)C1. The molecule has 3 unspecified atom stereocenters. The Morgan fingerprint density at radius 3 is 2.72 bits per heavy atom. The van der Waals surface area contributed by atoms with Crippen LogP contribution in [0.4, 0.5) is 0 Å². The highest BCUT2D eigenvalue weighted by molar-refractivity contribution is 7.16. The lowest BCUT2D eigenvalue weighted by molar-refractivity contribution is -0.0789. The normalized spacial score (nSPS) is 33.0. The lowest BCUT2D eigenvalue weighted by atomic mass is 9.65. The standard InChI is InChI=1S/C15H23ClOS/c1-10(2)13-6-4-11(3)8-15(13,17)9-12-5-7-14(16)18-12/h5,7,10-11,13,17H,4,6,8-9H2,1-3H3. The van der Waals surface area contributed by atoms with Gasteiger partial charge in [0.05, 0.1) is 9.94 Å². The highest BCUT2D eigenvalue weighted by Crippen LogP contribution is 2.43. The zero-order chi connectivity index (χ0) is 13.3. The molecule has 1 saturated carbocycles. The Morgan fingerprint density at radius 2 is 2.17 bits per heavy atom. The van der Waals surface area contributed by atoms with Crippen LogP contribution in [0.15, 0.2) is 12.1 Å². The van der Waals surface area contributed by atoms with Gasteiger partial charge in [0.15, 0.2) is 0 Å². The van der Waals surface area contributed by atoms with Crippen molar-refractivity contribution in [3.8, 4) is 0 Å². The summed E-state index contributed by atoms with van der Waals surface area (Å²) >= 11 is 7.59. The minimum atomic E-state index is -0.542. The highest BCUT2D eigenvalue weighted by Gasteiger charge is 2.42.